The van der Waals surface area contributed by atoms with Gasteiger partial charge in [-0.05, 0) is 25.1 Å². The van der Waals surface area contributed by atoms with Gasteiger partial charge in [0.2, 0.25) is 0 Å². The molecule has 0 N–H and O–H groups in total. The molecule has 0 unspecified atom stereocenters. The minimum absolute atomic E-state index is 0.0616. The molecule has 1 heterocycles. The topological polar surface area (TPSA) is 94.3 Å². The van der Waals surface area contributed by atoms with Crippen LogP contribution in [0.15, 0.2) is 62.8 Å². The van der Waals surface area contributed by atoms with E-state index in [4.69, 9.17) is 25.9 Å². The molecule has 1 aromatic heterocycles. The fourth-order valence-corrected chi connectivity index (χ4v) is 4.39. The number of hydrogen-bond acceptors (Lipinski definition) is 6. The molecule has 3 aromatic rings. The molecule has 0 radical (unpaired) electrons. The van der Waals surface area contributed by atoms with E-state index in [2.05, 4.69) is 5.16 Å². The van der Waals surface area contributed by atoms with Crippen molar-refractivity contribution in [1.82, 2.24) is 5.16 Å². The SMILES string of the molecule is Cc1onc(-c2ccc(S(=O)(=O)Cl)cc2)c1-c1ccccc1S(=O)(=O)Cl. The summed E-state index contributed by atoms with van der Waals surface area (Å²) in [6, 6.07) is 11.9. The van der Waals surface area contributed by atoms with Crippen molar-refractivity contribution in [3.63, 3.8) is 0 Å². The Morgan fingerprint density at radius 3 is 2.08 bits per heavy atom. The molecular weight excluding hydrogens is 421 g/mol. The first-order chi connectivity index (χ1) is 12.1. The first kappa shape index (κ1) is 18.9. The van der Waals surface area contributed by atoms with Gasteiger partial charge in [-0.3, -0.25) is 0 Å². The highest BCUT2D eigenvalue weighted by molar-refractivity contribution is 8.14. The van der Waals surface area contributed by atoms with Crippen molar-refractivity contribution >= 4 is 39.5 Å². The van der Waals surface area contributed by atoms with Gasteiger partial charge >= 0.3 is 0 Å². The van der Waals surface area contributed by atoms with E-state index in [1.165, 1.54) is 30.3 Å². The summed E-state index contributed by atoms with van der Waals surface area (Å²) in [5, 5.41) is 3.98. The highest BCUT2D eigenvalue weighted by atomic mass is 35.7. The van der Waals surface area contributed by atoms with E-state index in [0.717, 1.165) is 0 Å². The molecule has 0 fully saturated rings. The van der Waals surface area contributed by atoms with Gasteiger partial charge in [-0.15, -0.1) is 0 Å². The van der Waals surface area contributed by atoms with Gasteiger partial charge in [-0.1, -0.05) is 35.5 Å². The molecule has 0 atom stereocenters. The van der Waals surface area contributed by atoms with Crippen LogP contribution in [-0.4, -0.2) is 22.0 Å². The van der Waals surface area contributed by atoms with E-state index < -0.39 is 18.1 Å². The van der Waals surface area contributed by atoms with E-state index in [9.17, 15) is 16.8 Å². The molecule has 10 heteroatoms. The van der Waals surface area contributed by atoms with E-state index in [1.807, 2.05) is 0 Å². The molecular formula is C16H11Cl2NO5S2. The maximum atomic E-state index is 11.9. The second-order valence-corrected chi connectivity index (χ2v) is 10.5. The molecule has 0 aliphatic heterocycles. The number of benzene rings is 2. The second kappa shape index (κ2) is 6.70. The summed E-state index contributed by atoms with van der Waals surface area (Å²) in [6.45, 7) is 1.64. The number of aromatic nitrogens is 1. The second-order valence-electron chi connectivity index (χ2n) is 5.36. The number of rotatable bonds is 4. The number of aryl methyl sites for hydroxylation is 1. The quantitative estimate of drug-likeness (QED) is 0.575. The summed E-state index contributed by atoms with van der Waals surface area (Å²) < 4.78 is 51.8. The van der Waals surface area contributed by atoms with E-state index in [-0.39, 0.29) is 9.79 Å². The predicted molar refractivity (Wildman–Crippen MR) is 98.2 cm³/mol. The third kappa shape index (κ3) is 3.64. The van der Waals surface area contributed by atoms with Crippen molar-refractivity contribution in [2.45, 2.75) is 16.7 Å². The van der Waals surface area contributed by atoms with Gasteiger partial charge in [0.1, 0.15) is 11.5 Å². The van der Waals surface area contributed by atoms with Crippen LogP contribution in [0.4, 0.5) is 0 Å². The van der Waals surface area contributed by atoms with Gasteiger partial charge in [-0.25, -0.2) is 16.8 Å². The Morgan fingerprint density at radius 1 is 0.885 bits per heavy atom. The van der Waals surface area contributed by atoms with Crippen molar-refractivity contribution in [2.24, 2.45) is 0 Å². The van der Waals surface area contributed by atoms with Crippen molar-refractivity contribution in [3.8, 4) is 22.4 Å². The van der Waals surface area contributed by atoms with Crippen LogP contribution in [0.1, 0.15) is 5.76 Å². The van der Waals surface area contributed by atoms with Crippen LogP contribution in [0, 0.1) is 6.92 Å². The van der Waals surface area contributed by atoms with E-state index >= 15 is 0 Å². The number of halogens is 2. The zero-order valence-corrected chi connectivity index (χ0v) is 16.3. The molecule has 0 bridgehead atoms. The molecule has 2 aromatic carbocycles. The average Bonchev–Trinajstić information content (AvgIpc) is 2.95. The molecule has 0 aliphatic carbocycles. The Hall–Kier alpha value is -1.87. The van der Waals surface area contributed by atoms with Crippen molar-refractivity contribution < 1.29 is 21.4 Å². The molecule has 6 nitrogen and oxygen atoms in total. The fourth-order valence-electron chi connectivity index (χ4n) is 2.55. The lowest BCUT2D eigenvalue weighted by atomic mass is 9.99. The highest BCUT2D eigenvalue weighted by Gasteiger charge is 2.24. The average molecular weight is 432 g/mol. The third-order valence-corrected chi connectivity index (χ3v) is 6.44. The maximum Gasteiger partial charge on any atom is 0.261 e. The maximum absolute atomic E-state index is 11.9. The Morgan fingerprint density at radius 2 is 1.50 bits per heavy atom. The summed E-state index contributed by atoms with van der Waals surface area (Å²) in [5.74, 6) is 0.391. The third-order valence-electron chi connectivity index (χ3n) is 3.69. The number of nitrogens with zero attached hydrogens (tertiary/aromatic N) is 1. The summed E-state index contributed by atoms with van der Waals surface area (Å²) in [4.78, 5) is -0.136. The Labute approximate surface area is 159 Å². The molecule has 26 heavy (non-hydrogen) atoms. The Bertz CT molecular complexity index is 1180. The minimum atomic E-state index is -4.00. The van der Waals surface area contributed by atoms with Crippen LogP contribution in [-0.2, 0) is 18.1 Å². The van der Waals surface area contributed by atoms with Crippen LogP contribution < -0.4 is 0 Å². The monoisotopic (exact) mass is 431 g/mol. The minimum Gasteiger partial charge on any atom is -0.360 e. The molecule has 3 rings (SSSR count). The molecule has 0 saturated carbocycles. The summed E-state index contributed by atoms with van der Waals surface area (Å²) in [5.41, 5.74) is 1.67. The smallest absolute Gasteiger partial charge is 0.261 e. The molecule has 0 amide bonds. The lowest BCUT2D eigenvalue weighted by Crippen LogP contribution is -1.96. The normalized spacial score (nSPS) is 12.3. The highest BCUT2D eigenvalue weighted by Crippen LogP contribution is 2.38. The van der Waals surface area contributed by atoms with Gasteiger partial charge in [0.25, 0.3) is 18.1 Å². The van der Waals surface area contributed by atoms with Crippen LogP contribution in [0.3, 0.4) is 0 Å². The first-order valence-corrected chi connectivity index (χ1v) is 11.8. The van der Waals surface area contributed by atoms with Crippen molar-refractivity contribution in [3.05, 3.63) is 54.3 Å². The molecule has 0 saturated heterocycles. The predicted octanol–water partition coefficient (Wildman–Crippen LogP) is 4.17. The van der Waals surface area contributed by atoms with Gasteiger partial charge in [0.15, 0.2) is 0 Å². The molecule has 0 spiro atoms. The Balaban J connectivity index is 2.21. The zero-order chi connectivity index (χ0) is 19.1. The van der Waals surface area contributed by atoms with Gasteiger partial charge < -0.3 is 4.52 Å². The Kier molecular flexibility index (Phi) is 4.87. The van der Waals surface area contributed by atoms with Gasteiger partial charge in [0.05, 0.1) is 15.4 Å². The van der Waals surface area contributed by atoms with E-state index in [0.29, 0.717) is 28.1 Å². The largest absolute Gasteiger partial charge is 0.360 e. The first-order valence-electron chi connectivity index (χ1n) is 7.14. The van der Waals surface area contributed by atoms with Crippen LogP contribution in [0.5, 0.6) is 0 Å². The number of hydrogen-bond donors (Lipinski definition) is 0. The fraction of sp³-hybridized carbons (Fsp3) is 0.0625. The standard InChI is InChI=1S/C16H11Cl2NO5S2/c1-10-15(13-4-2-3-5-14(13)26(18,22)23)16(19-24-10)11-6-8-12(9-7-11)25(17,20)21/h2-9H,1H3. The van der Waals surface area contributed by atoms with Crippen LogP contribution in [0.2, 0.25) is 0 Å². The van der Waals surface area contributed by atoms with Crippen LogP contribution in [0.25, 0.3) is 22.4 Å². The summed E-state index contributed by atoms with van der Waals surface area (Å²) in [7, 11) is 3.01. The zero-order valence-electron chi connectivity index (χ0n) is 13.2. The van der Waals surface area contributed by atoms with E-state index in [1.54, 1.807) is 25.1 Å². The van der Waals surface area contributed by atoms with Crippen molar-refractivity contribution in [1.29, 1.82) is 0 Å². The summed E-state index contributed by atoms with van der Waals surface area (Å²) in [6.07, 6.45) is 0. The lowest BCUT2D eigenvalue weighted by Gasteiger charge is -2.08. The summed E-state index contributed by atoms with van der Waals surface area (Å²) >= 11 is 0. The van der Waals surface area contributed by atoms with Gasteiger partial charge in [-0.2, -0.15) is 0 Å². The lowest BCUT2D eigenvalue weighted by molar-refractivity contribution is 0.400. The van der Waals surface area contributed by atoms with Gasteiger partial charge in [0, 0.05) is 32.5 Å². The molecule has 0 aliphatic rings. The van der Waals surface area contributed by atoms with Crippen LogP contribution >= 0.6 is 21.4 Å². The van der Waals surface area contributed by atoms with Crippen molar-refractivity contribution in [2.75, 3.05) is 0 Å². The molecule has 136 valence electrons.